The predicted molar refractivity (Wildman–Crippen MR) is 74.4 cm³/mol. The first kappa shape index (κ1) is 14.4. The summed E-state index contributed by atoms with van der Waals surface area (Å²) in [5.74, 6) is -0.246. The summed E-state index contributed by atoms with van der Waals surface area (Å²) in [5, 5.41) is 11.7. The monoisotopic (exact) mass is 295 g/mol. The maximum Gasteiger partial charge on any atom is 0.266 e. The third-order valence-corrected chi connectivity index (χ3v) is 3.48. The Kier molecular flexibility index (Phi) is 4.62. The number of amides is 1. The lowest BCUT2D eigenvalue weighted by atomic mass is 10.3. The normalized spacial score (nSPS) is 11.9. The minimum absolute atomic E-state index is 0.326. The Labute approximate surface area is 119 Å². The van der Waals surface area contributed by atoms with Crippen molar-refractivity contribution in [3.05, 3.63) is 35.1 Å². The van der Waals surface area contributed by atoms with Crippen LogP contribution in [-0.4, -0.2) is 22.2 Å². The molecule has 1 aromatic carbocycles. The van der Waals surface area contributed by atoms with Crippen LogP contribution in [0, 0.1) is 5.82 Å². The lowest BCUT2D eigenvalue weighted by molar-refractivity contribution is -0.122. The highest BCUT2D eigenvalue weighted by atomic mass is 32.1. The third-order valence-electron chi connectivity index (χ3n) is 2.50. The molecule has 0 aliphatic heterocycles. The van der Waals surface area contributed by atoms with E-state index in [-0.39, 0.29) is 11.7 Å². The van der Waals surface area contributed by atoms with Crippen LogP contribution in [0.2, 0.25) is 0 Å². The van der Waals surface area contributed by atoms with E-state index >= 15 is 0 Å². The van der Waals surface area contributed by atoms with Gasteiger partial charge in [0.15, 0.2) is 6.10 Å². The minimum Gasteiger partial charge on any atom is -0.481 e. The molecule has 1 aromatic heterocycles. The molecule has 0 spiro atoms. The van der Waals surface area contributed by atoms with Gasteiger partial charge < -0.3 is 4.74 Å². The van der Waals surface area contributed by atoms with E-state index in [2.05, 4.69) is 15.5 Å². The maximum absolute atomic E-state index is 12.8. The molecule has 106 valence electrons. The SMILES string of the molecule is CCc1nnc(NC(=O)[C@H](C)Oc2ccc(F)cc2)s1. The topological polar surface area (TPSA) is 64.1 Å². The molecule has 20 heavy (non-hydrogen) atoms. The van der Waals surface area contributed by atoms with Crippen LogP contribution in [0.1, 0.15) is 18.9 Å². The van der Waals surface area contributed by atoms with Crippen LogP contribution in [0.4, 0.5) is 9.52 Å². The largest absolute Gasteiger partial charge is 0.481 e. The summed E-state index contributed by atoms with van der Waals surface area (Å²) in [6.45, 7) is 3.58. The molecule has 1 atom stereocenters. The van der Waals surface area contributed by atoms with E-state index in [0.717, 1.165) is 11.4 Å². The first-order valence-electron chi connectivity index (χ1n) is 6.14. The summed E-state index contributed by atoms with van der Waals surface area (Å²) in [4.78, 5) is 11.9. The fraction of sp³-hybridized carbons (Fsp3) is 0.308. The number of carbonyl (C=O) groups is 1. The average molecular weight is 295 g/mol. The molecule has 1 amide bonds. The molecule has 1 N–H and O–H groups in total. The number of ether oxygens (including phenoxy) is 1. The van der Waals surface area contributed by atoms with Crippen LogP contribution in [0.25, 0.3) is 0 Å². The van der Waals surface area contributed by atoms with E-state index in [0.29, 0.717) is 10.9 Å². The standard InChI is InChI=1S/C13H14FN3O2S/c1-3-11-16-17-13(20-11)15-12(18)8(2)19-10-6-4-9(14)5-7-10/h4-8H,3H2,1-2H3,(H,15,17,18)/t8-/m0/s1. The molecular formula is C13H14FN3O2S. The van der Waals surface area contributed by atoms with Gasteiger partial charge in [-0.25, -0.2) is 4.39 Å². The number of hydrogen-bond acceptors (Lipinski definition) is 5. The summed E-state index contributed by atoms with van der Waals surface area (Å²) in [6.07, 6.45) is 0.0595. The Morgan fingerprint density at radius 2 is 2.10 bits per heavy atom. The number of rotatable bonds is 5. The van der Waals surface area contributed by atoms with Gasteiger partial charge in [-0.3, -0.25) is 10.1 Å². The van der Waals surface area contributed by atoms with E-state index in [1.54, 1.807) is 6.92 Å². The number of carbonyl (C=O) groups excluding carboxylic acids is 1. The summed E-state index contributed by atoms with van der Waals surface area (Å²) in [6, 6.07) is 5.49. The molecule has 2 rings (SSSR count). The van der Waals surface area contributed by atoms with Crippen molar-refractivity contribution >= 4 is 22.4 Å². The van der Waals surface area contributed by atoms with Crippen molar-refractivity contribution in [2.75, 3.05) is 5.32 Å². The number of hydrogen-bond donors (Lipinski definition) is 1. The van der Waals surface area contributed by atoms with Crippen molar-refractivity contribution in [2.45, 2.75) is 26.4 Å². The number of benzene rings is 1. The first-order valence-corrected chi connectivity index (χ1v) is 6.95. The number of nitrogens with zero attached hydrogens (tertiary/aromatic N) is 2. The molecule has 0 saturated carbocycles. The Hall–Kier alpha value is -2.02. The van der Waals surface area contributed by atoms with Crippen molar-refractivity contribution < 1.29 is 13.9 Å². The van der Waals surface area contributed by atoms with Gasteiger partial charge in [0.05, 0.1) is 0 Å². The Bertz CT molecular complexity index is 586. The van der Waals surface area contributed by atoms with Crippen LogP contribution in [-0.2, 0) is 11.2 Å². The molecule has 2 aromatic rings. The second-order valence-corrected chi connectivity index (χ2v) is 5.12. The number of halogens is 1. The zero-order valence-corrected chi connectivity index (χ0v) is 11.9. The van der Waals surface area contributed by atoms with Crippen molar-refractivity contribution in [2.24, 2.45) is 0 Å². The molecule has 0 fully saturated rings. The third kappa shape index (κ3) is 3.74. The number of aromatic nitrogens is 2. The maximum atomic E-state index is 12.8. The Morgan fingerprint density at radius 3 is 2.70 bits per heavy atom. The van der Waals surface area contributed by atoms with Crippen LogP contribution in [0.3, 0.4) is 0 Å². The molecule has 1 heterocycles. The van der Waals surface area contributed by atoms with Gasteiger partial charge in [-0.05, 0) is 37.6 Å². The average Bonchev–Trinajstić information content (AvgIpc) is 2.89. The fourth-order valence-electron chi connectivity index (χ4n) is 1.42. The van der Waals surface area contributed by atoms with Crippen LogP contribution in [0.15, 0.2) is 24.3 Å². The van der Waals surface area contributed by atoms with Crippen molar-refractivity contribution in [3.8, 4) is 5.75 Å². The summed E-state index contributed by atoms with van der Waals surface area (Å²) >= 11 is 1.33. The van der Waals surface area contributed by atoms with Crippen LogP contribution in [0.5, 0.6) is 5.75 Å². The zero-order valence-electron chi connectivity index (χ0n) is 11.1. The van der Waals surface area contributed by atoms with E-state index in [4.69, 9.17) is 4.74 Å². The number of nitrogens with one attached hydrogen (secondary N) is 1. The van der Waals surface area contributed by atoms with Gasteiger partial charge in [0, 0.05) is 0 Å². The Morgan fingerprint density at radius 1 is 1.40 bits per heavy atom. The van der Waals surface area contributed by atoms with E-state index in [1.807, 2.05) is 6.92 Å². The van der Waals surface area contributed by atoms with Gasteiger partial charge in [0.2, 0.25) is 5.13 Å². The summed E-state index contributed by atoms with van der Waals surface area (Å²) < 4.78 is 18.2. The molecule has 0 aliphatic rings. The minimum atomic E-state index is -0.713. The second-order valence-electron chi connectivity index (χ2n) is 4.06. The highest BCUT2D eigenvalue weighted by Gasteiger charge is 2.16. The lowest BCUT2D eigenvalue weighted by Gasteiger charge is -2.13. The smallest absolute Gasteiger partial charge is 0.266 e. The van der Waals surface area contributed by atoms with Gasteiger partial charge in [-0.2, -0.15) is 0 Å². The van der Waals surface area contributed by atoms with Crippen molar-refractivity contribution in [1.29, 1.82) is 0 Å². The fourth-order valence-corrected chi connectivity index (χ4v) is 2.11. The number of anilines is 1. The predicted octanol–water partition coefficient (Wildman–Crippen LogP) is 2.65. The molecule has 0 bridgehead atoms. The second kappa shape index (κ2) is 6.42. The zero-order chi connectivity index (χ0) is 14.5. The quantitative estimate of drug-likeness (QED) is 0.921. The molecule has 0 aliphatic carbocycles. The molecule has 0 radical (unpaired) electrons. The molecule has 0 saturated heterocycles. The van der Waals surface area contributed by atoms with E-state index in [9.17, 15) is 9.18 Å². The molecule has 7 heteroatoms. The number of aryl methyl sites for hydroxylation is 1. The van der Waals surface area contributed by atoms with Gasteiger partial charge in [-0.15, -0.1) is 10.2 Å². The van der Waals surface area contributed by atoms with E-state index < -0.39 is 6.10 Å². The lowest BCUT2D eigenvalue weighted by Crippen LogP contribution is -2.30. The molecular weight excluding hydrogens is 281 g/mol. The summed E-state index contributed by atoms with van der Waals surface area (Å²) in [7, 11) is 0. The highest BCUT2D eigenvalue weighted by molar-refractivity contribution is 7.15. The molecule has 0 unspecified atom stereocenters. The van der Waals surface area contributed by atoms with Gasteiger partial charge in [0.1, 0.15) is 16.6 Å². The highest BCUT2D eigenvalue weighted by Crippen LogP contribution is 2.17. The van der Waals surface area contributed by atoms with E-state index in [1.165, 1.54) is 35.6 Å². The van der Waals surface area contributed by atoms with Crippen molar-refractivity contribution in [3.63, 3.8) is 0 Å². The van der Waals surface area contributed by atoms with Crippen molar-refractivity contribution in [1.82, 2.24) is 10.2 Å². The van der Waals surface area contributed by atoms with Gasteiger partial charge in [-0.1, -0.05) is 18.3 Å². The van der Waals surface area contributed by atoms with Crippen LogP contribution >= 0.6 is 11.3 Å². The van der Waals surface area contributed by atoms with Gasteiger partial charge >= 0.3 is 0 Å². The van der Waals surface area contributed by atoms with Crippen LogP contribution < -0.4 is 10.1 Å². The first-order chi connectivity index (χ1) is 9.58. The summed E-state index contributed by atoms with van der Waals surface area (Å²) in [5.41, 5.74) is 0. The Balaban J connectivity index is 1.93. The van der Waals surface area contributed by atoms with Gasteiger partial charge in [0.25, 0.3) is 5.91 Å². The molecule has 5 nitrogen and oxygen atoms in total.